The lowest BCUT2D eigenvalue weighted by molar-refractivity contribution is -0.187. The van der Waals surface area contributed by atoms with Crippen molar-refractivity contribution >= 4 is 5.91 Å². The lowest BCUT2D eigenvalue weighted by Gasteiger charge is -2.34. The number of aromatic amines is 1. The predicted molar refractivity (Wildman–Crippen MR) is 76.0 cm³/mol. The molecule has 6 heteroatoms. The first-order chi connectivity index (χ1) is 10.5. The molecule has 0 bridgehead atoms. The van der Waals surface area contributed by atoms with Crippen LogP contribution in [0, 0.1) is 11.8 Å². The molecule has 3 nitrogen and oxygen atoms in total. The fourth-order valence-electron chi connectivity index (χ4n) is 3.85. The number of carbonyl (C=O) groups is 1. The van der Waals surface area contributed by atoms with Crippen molar-refractivity contribution in [2.45, 2.75) is 50.7 Å². The second-order valence-electron chi connectivity index (χ2n) is 6.42. The number of likely N-dealkylation sites (tertiary alicyclic amines) is 1. The number of carbonyl (C=O) groups excluding carboxylic acids is 1. The molecule has 0 spiro atoms. The summed E-state index contributed by atoms with van der Waals surface area (Å²) in [6.45, 7) is 0.649. The molecule has 0 aromatic carbocycles. The molecule has 1 amide bonds. The molecule has 1 aromatic heterocycles. The Bertz CT molecular complexity index is 512. The summed E-state index contributed by atoms with van der Waals surface area (Å²) in [5, 5.41) is 0. The number of nitrogens with zero attached hydrogens (tertiary/aromatic N) is 1. The van der Waals surface area contributed by atoms with Crippen LogP contribution in [0.25, 0.3) is 0 Å². The number of halogens is 3. The molecule has 1 aliphatic heterocycles. The largest absolute Gasteiger partial charge is 0.391 e. The summed E-state index contributed by atoms with van der Waals surface area (Å²) in [4.78, 5) is 17.6. The van der Waals surface area contributed by atoms with Crippen molar-refractivity contribution in [1.82, 2.24) is 9.88 Å². The van der Waals surface area contributed by atoms with E-state index in [0.717, 1.165) is 18.5 Å². The third-order valence-electron chi connectivity index (χ3n) is 5.00. The van der Waals surface area contributed by atoms with Crippen molar-refractivity contribution in [2.24, 2.45) is 11.8 Å². The van der Waals surface area contributed by atoms with E-state index in [4.69, 9.17) is 0 Å². The molecule has 22 heavy (non-hydrogen) atoms. The molecule has 1 saturated carbocycles. The van der Waals surface area contributed by atoms with Crippen LogP contribution >= 0.6 is 0 Å². The summed E-state index contributed by atoms with van der Waals surface area (Å²) in [6.07, 6.45) is 0.608. The zero-order valence-corrected chi connectivity index (χ0v) is 12.4. The zero-order chi connectivity index (χ0) is 15.7. The highest BCUT2D eigenvalue weighted by Crippen LogP contribution is 2.42. The summed E-state index contributed by atoms with van der Waals surface area (Å²) in [5.41, 5.74) is 0.981. The second kappa shape index (κ2) is 5.97. The van der Waals surface area contributed by atoms with Gasteiger partial charge in [-0.25, -0.2) is 0 Å². The Kier molecular flexibility index (Phi) is 4.19. The van der Waals surface area contributed by atoms with E-state index in [-0.39, 0.29) is 24.8 Å². The number of amides is 1. The van der Waals surface area contributed by atoms with E-state index in [2.05, 4.69) is 4.98 Å². The van der Waals surface area contributed by atoms with Crippen molar-refractivity contribution < 1.29 is 18.0 Å². The van der Waals surface area contributed by atoms with E-state index in [1.54, 1.807) is 4.90 Å². The number of alkyl halides is 3. The second-order valence-corrected chi connectivity index (χ2v) is 6.42. The van der Waals surface area contributed by atoms with E-state index in [1.807, 2.05) is 18.3 Å². The first-order valence-corrected chi connectivity index (χ1v) is 7.97. The Morgan fingerprint density at radius 3 is 2.73 bits per heavy atom. The lowest BCUT2D eigenvalue weighted by atomic mass is 9.80. The SMILES string of the molecule is O=C([C@@H]1CCC[C@@H](C(F)(F)F)C1)N1CCC[C@H]1c1ccc[nH]1. The van der Waals surface area contributed by atoms with Gasteiger partial charge >= 0.3 is 6.18 Å². The van der Waals surface area contributed by atoms with E-state index in [9.17, 15) is 18.0 Å². The summed E-state index contributed by atoms with van der Waals surface area (Å²) in [5.74, 6) is -1.89. The van der Waals surface area contributed by atoms with Crippen molar-refractivity contribution in [2.75, 3.05) is 6.54 Å². The highest BCUT2D eigenvalue weighted by atomic mass is 19.4. The van der Waals surface area contributed by atoms with Gasteiger partial charge in [0.2, 0.25) is 5.91 Å². The van der Waals surface area contributed by atoms with E-state index < -0.39 is 18.0 Å². The molecule has 2 aliphatic rings. The predicted octanol–water partition coefficient (Wildman–Crippen LogP) is 4.05. The first kappa shape index (κ1) is 15.4. The molecular formula is C16H21F3N2O. The third kappa shape index (κ3) is 3.01. The smallest absolute Gasteiger partial charge is 0.363 e. The van der Waals surface area contributed by atoms with Gasteiger partial charge < -0.3 is 9.88 Å². The third-order valence-corrected chi connectivity index (χ3v) is 5.00. The van der Waals surface area contributed by atoms with Crippen molar-refractivity contribution in [3.05, 3.63) is 24.0 Å². The number of hydrogen-bond donors (Lipinski definition) is 1. The molecule has 1 saturated heterocycles. The molecule has 1 aliphatic carbocycles. The summed E-state index contributed by atoms with van der Waals surface area (Å²) in [6, 6.07) is 3.82. The fraction of sp³-hybridized carbons (Fsp3) is 0.688. The van der Waals surface area contributed by atoms with Gasteiger partial charge in [-0.05, 0) is 44.2 Å². The Morgan fingerprint density at radius 2 is 2.05 bits per heavy atom. The monoisotopic (exact) mass is 314 g/mol. The fourth-order valence-corrected chi connectivity index (χ4v) is 3.85. The normalized spacial score (nSPS) is 29.8. The Balaban J connectivity index is 1.70. The minimum Gasteiger partial charge on any atom is -0.363 e. The molecule has 2 heterocycles. The van der Waals surface area contributed by atoms with E-state index in [1.165, 1.54) is 0 Å². The molecule has 122 valence electrons. The van der Waals surface area contributed by atoms with Gasteiger partial charge in [-0.15, -0.1) is 0 Å². The summed E-state index contributed by atoms with van der Waals surface area (Å²) >= 11 is 0. The highest BCUT2D eigenvalue weighted by molar-refractivity contribution is 5.79. The van der Waals surface area contributed by atoms with Crippen LogP contribution < -0.4 is 0 Å². The average Bonchev–Trinajstić information content (AvgIpc) is 3.16. The standard InChI is InChI=1S/C16H21F3N2O/c17-16(18,19)12-5-1-4-11(10-12)15(22)21-9-3-7-14(21)13-6-2-8-20-13/h2,6,8,11-12,14,20H,1,3-5,7,9-10H2/t11-,12-,14+/m1/s1. The van der Waals surface area contributed by atoms with Gasteiger partial charge in [0.25, 0.3) is 0 Å². The maximum Gasteiger partial charge on any atom is 0.391 e. The Labute approximate surface area is 127 Å². The van der Waals surface area contributed by atoms with Gasteiger partial charge in [0, 0.05) is 24.4 Å². The summed E-state index contributed by atoms with van der Waals surface area (Å²) in [7, 11) is 0. The number of rotatable bonds is 2. The topological polar surface area (TPSA) is 36.1 Å². The Morgan fingerprint density at radius 1 is 1.23 bits per heavy atom. The van der Waals surface area contributed by atoms with Crippen LogP contribution in [0.4, 0.5) is 13.2 Å². The van der Waals surface area contributed by atoms with Crippen LogP contribution in [0.15, 0.2) is 18.3 Å². The quantitative estimate of drug-likeness (QED) is 0.878. The molecular weight excluding hydrogens is 293 g/mol. The van der Waals surface area contributed by atoms with Crippen LogP contribution in [0.5, 0.6) is 0 Å². The maximum atomic E-state index is 12.9. The highest BCUT2D eigenvalue weighted by Gasteiger charge is 2.45. The first-order valence-electron chi connectivity index (χ1n) is 7.97. The summed E-state index contributed by atoms with van der Waals surface area (Å²) < 4.78 is 38.8. The van der Waals surface area contributed by atoms with Gasteiger partial charge in [0.1, 0.15) is 0 Å². The van der Waals surface area contributed by atoms with Gasteiger partial charge in [0.05, 0.1) is 12.0 Å². The molecule has 0 radical (unpaired) electrons. The van der Waals surface area contributed by atoms with Crippen molar-refractivity contribution in [3.8, 4) is 0 Å². The van der Waals surface area contributed by atoms with Crippen molar-refractivity contribution in [1.29, 1.82) is 0 Å². The van der Waals surface area contributed by atoms with Gasteiger partial charge in [-0.1, -0.05) is 6.42 Å². The minimum atomic E-state index is -4.18. The van der Waals surface area contributed by atoms with Crippen LogP contribution in [-0.2, 0) is 4.79 Å². The molecule has 3 atom stereocenters. The van der Waals surface area contributed by atoms with Crippen LogP contribution in [0.3, 0.4) is 0 Å². The van der Waals surface area contributed by atoms with Crippen LogP contribution in [0.2, 0.25) is 0 Å². The molecule has 1 N–H and O–H groups in total. The zero-order valence-electron chi connectivity index (χ0n) is 12.4. The lowest BCUT2D eigenvalue weighted by Crippen LogP contribution is -2.40. The number of nitrogens with one attached hydrogen (secondary N) is 1. The minimum absolute atomic E-state index is 0.00577. The molecule has 1 aromatic rings. The maximum absolute atomic E-state index is 12.9. The molecule has 2 fully saturated rings. The van der Waals surface area contributed by atoms with E-state index >= 15 is 0 Å². The van der Waals surface area contributed by atoms with Gasteiger partial charge in [-0.2, -0.15) is 13.2 Å². The average molecular weight is 314 g/mol. The Hall–Kier alpha value is -1.46. The van der Waals surface area contributed by atoms with Crippen LogP contribution in [-0.4, -0.2) is 28.5 Å². The van der Waals surface area contributed by atoms with Gasteiger partial charge in [-0.3, -0.25) is 4.79 Å². The number of hydrogen-bond acceptors (Lipinski definition) is 1. The molecule has 0 unspecified atom stereocenters. The van der Waals surface area contributed by atoms with Crippen LogP contribution in [0.1, 0.15) is 50.3 Å². The number of H-pyrrole nitrogens is 1. The number of aromatic nitrogens is 1. The van der Waals surface area contributed by atoms with Gasteiger partial charge in [0.15, 0.2) is 0 Å². The van der Waals surface area contributed by atoms with E-state index in [0.29, 0.717) is 19.4 Å². The molecule has 3 rings (SSSR count). The van der Waals surface area contributed by atoms with Crippen molar-refractivity contribution in [3.63, 3.8) is 0 Å².